The fourth-order valence-electron chi connectivity index (χ4n) is 1.65. The van der Waals surface area contributed by atoms with Crippen LogP contribution in [0.1, 0.15) is 11.1 Å². The lowest BCUT2D eigenvalue weighted by atomic mass is 10.2. The minimum atomic E-state index is 0.411. The standard InChI is InChI=1S/C13H10Cl4N2/c1-7-4-5-18-13(17)12(7)19-6-8-9(14)2-3-10(15)11(8)16/h2-5,19H,6H2,1H3. The van der Waals surface area contributed by atoms with Gasteiger partial charge in [-0.25, -0.2) is 4.98 Å². The van der Waals surface area contributed by atoms with Crippen LogP contribution in [0.4, 0.5) is 5.69 Å². The zero-order chi connectivity index (χ0) is 14.0. The van der Waals surface area contributed by atoms with Gasteiger partial charge in [0.15, 0.2) is 5.15 Å². The van der Waals surface area contributed by atoms with Gasteiger partial charge >= 0.3 is 0 Å². The SMILES string of the molecule is Cc1ccnc(Cl)c1NCc1c(Cl)ccc(Cl)c1Cl. The van der Waals surface area contributed by atoms with E-state index in [0.29, 0.717) is 26.8 Å². The number of nitrogens with zero attached hydrogens (tertiary/aromatic N) is 1. The zero-order valence-corrected chi connectivity index (χ0v) is 13.0. The van der Waals surface area contributed by atoms with Crippen LogP contribution in [0.25, 0.3) is 0 Å². The average molecular weight is 336 g/mol. The molecule has 0 fully saturated rings. The first-order valence-corrected chi connectivity index (χ1v) is 6.99. The molecule has 0 saturated carbocycles. The summed E-state index contributed by atoms with van der Waals surface area (Å²) in [6, 6.07) is 5.25. The molecular weight excluding hydrogens is 326 g/mol. The Morgan fingerprint density at radius 3 is 2.42 bits per heavy atom. The van der Waals surface area contributed by atoms with Crippen molar-refractivity contribution in [1.29, 1.82) is 0 Å². The van der Waals surface area contributed by atoms with Gasteiger partial charge in [-0.1, -0.05) is 46.4 Å². The summed E-state index contributed by atoms with van der Waals surface area (Å²) in [5, 5.41) is 5.06. The lowest BCUT2D eigenvalue weighted by Crippen LogP contribution is -2.04. The van der Waals surface area contributed by atoms with Gasteiger partial charge in [-0.2, -0.15) is 0 Å². The zero-order valence-electron chi connectivity index (χ0n) is 9.98. The van der Waals surface area contributed by atoms with E-state index in [1.165, 1.54) is 0 Å². The number of anilines is 1. The van der Waals surface area contributed by atoms with Crippen molar-refractivity contribution in [2.75, 3.05) is 5.32 Å². The van der Waals surface area contributed by atoms with Gasteiger partial charge in [0, 0.05) is 23.3 Å². The molecule has 0 aliphatic rings. The lowest BCUT2D eigenvalue weighted by Gasteiger charge is -2.13. The first-order chi connectivity index (χ1) is 9.00. The third-order valence-corrected chi connectivity index (χ3v) is 4.18. The summed E-state index contributed by atoms with van der Waals surface area (Å²) in [5.74, 6) is 0. The number of halogens is 4. The molecule has 19 heavy (non-hydrogen) atoms. The van der Waals surface area contributed by atoms with Crippen LogP contribution < -0.4 is 5.32 Å². The minimum absolute atomic E-state index is 0.411. The Morgan fingerprint density at radius 1 is 1.05 bits per heavy atom. The van der Waals surface area contributed by atoms with Gasteiger partial charge < -0.3 is 5.32 Å². The van der Waals surface area contributed by atoms with E-state index in [0.717, 1.165) is 16.8 Å². The summed E-state index contributed by atoms with van der Waals surface area (Å²) in [6.45, 7) is 2.36. The molecule has 0 aliphatic carbocycles. The number of aromatic nitrogens is 1. The molecule has 1 aromatic carbocycles. The number of benzene rings is 1. The number of hydrogen-bond donors (Lipinski definition) is 1. The van der Waals surface area contributed by atoms with E-state index in [-0.39, 0.29) is 0 Å². The van der Waals surface area contributed by atoms with E-state index in [2.05, 4.69) is 10.3 Å². The fourth-order valence-corrected chi connectivity index (χ4v) is 2.60. The highest BCUT2D eigenvalue weighted by atomic mass is 35.5. The Hall–Kier alpha value is -0.670. The van der Waals surface area contributed by atoms with Crippen molar-refractivity contribution >= 4 is 52.1 Å². The van der Waals surface area contributed by atoms with Gasteiger partial charge in [-0.05, 0) is 30.7 Å². The molecular formula is C13H10Cl4N2. The van der Waals surface area contributed by atoms with Crippen LogP contribution in [-0.2, 0) is 6.54 Å². The van der Waals surface area contributed by atoms with Crippen molar-refractivity contribution < 1.29 is 0 Å². The molecule has 0 radical (unpaired) electrons. The molecule has 2 rings (SSSR count). The molecule has 0 spiro atoms. The van der Waals surface area contributed by atoms with Gasteiger partial charge in [0.25, 0.3) is 0 Å². The first-order valence-electron chi connectivity index (χ1n) is 5.48. The van der Waals surface area contributed by atoms with Gasteiger partial charge in [0.1, 0.15) is 0 Å². The third-order valence-electron chi connectivity index (χ3n) is 2.69. The predicted molar refractivity (Wildman–Crippen MR) is 82.8 cm³/mol. The molecule has 0 bridgehead atoms. The van der Waals surface area contributed by atoms with E-state index in [1.54, 1.807) is 18.3 Å². The number of pyridine rings is 1. The minimum Gasteiger partial charge on any atom is -0.378 e. The molecule has 0 atom stereocenters. The van der Waals surface area contributed by atoms with Crippen LogP contribution in [0.2, 0.25) is 20.2 Å². The molecule has 2 aromatic rings. The lowest BCUT2D eigenvalue weighted by molar-refractivity contribution is 1.12. The number of rotatable bonds is 3. The van der Waals surface area contributed by atoms with Crippen LogP contribution in [-0.4, -0.2) is 4.98 Å². The van der Waals surface area contributed by atoms with Crippen LogP contribution in [0.3, 0.4) is 0 Å². The number of hydrogen-bond acceptors (Lipinski definition) is 2. The normalized spacial score (nSPS) is 10.6. The van der Waals surface area contributed by atoms with Crippen molar-refractivity contribution in [2.45, 2.75) is 13.5 Å². The van der Waals surface area contributed by atoms with Crippen LogP contribution in [0, 0.1) is 6.92 Å². The molecule has 0 unspecified atom stereocenters. The Bertz CT molecular complexity index is 594. The van der Waals surface area contributed by atoms with E-state index in [1.807, 2.05) is 13.0 Å². The maximum Gasteiger partial charge on any atom is 0.152 e. The largest absolute Gasteiger partial charge is 0.378 e. The van der Waals surface area contributed by atoms with Gasteiger partial charge in [-0.15, -0.1) is 0 Å². The Balaban J connectivity index is 2.27. The molecule has 0 aliphatic heterocycles. The van der Waals surface area contributed by atoms with E-state index < -0.39 is 0 Å². The summed E-state index contributed by atoms with van der Waals surface area (Å²) in [7, 11) is 0. The molecule has 1 aromatic heterocycles. The smallest absolute Gasteiger partial charge is 0.152 e. The summed E-state index contributed by atoms with van der Waals surface area (Å²) in [4.78, 5) is 4.03. The Morgan fingerprint density at radius 2 is 1.74 bits per heavy atom. The van der Waals surface area contributed by atoms with Crippen molar-refractivity contribution in [3.8, 4) is 0 Å². The molecule has 6 heteroatoms. The maximum absolute atomic E-state index is 6.14. The number of nitrogens with one attached hydrogen (secondary N) is 1. The topological polar surface area (TPSA) is 24.9 Å². The maximum atomic E-state index is 6.14. The van der Waals surface area contributed by atoms with Crippen LogP contribution in [0.5, 0.6) is 0 Å². The van der Waals surface area contributed by atoms with E-state index in [4.69, 9.17) is 46.4 Å². The van der Waals surface area contributed by atoms with E-state index in [9.17, 15) is 0 Å². The highest BCUT2D eigenvalue weighted by Gasteiger charge is 2.11. The molecule has 0 amide bonds. The molecule has 100 valence electrons. The fraction of sp³-hybridized carbons (Fsp3) is 0.154. The van der Waals surface area contributed by atoms with Crippen molar-refractivity contribution in [3.05, 3.63) is 55.7 Å². The second kappa shape index (κ2) is 6.19. The second-order valence-corrected chi connectivity index (χ2v) is 5.52. The molecule has 1 heterocycles. The quantitative estimate of drug-likeness (QED) is 0.582. The summed E-state index contributed by atoms with van der Waals surface area (Å²) < 4.78 is 0. The van der Waals surface area contributed by atoms with Crippen LogP contribution in [0.15, 0.2) is 24.4 Å². The summed E-state index contributed by atoms with van der Waals surface area (Å²) in [6.07, 6.45) is 1.65. The van der Waals surface area contributed by atoms with Crippen LogP contribution >= 0.6 is 46.4 Å². The first kappa shape index (κ1) is 14.7. The second-order valence-electron chi connectivity index (χ2n) is 3.97. The molecule has 0 saturated heterocycles. The molecule has 2 nitrogen and oxygen atoms in total. The highest BCUT2D eigenvalue weighted by Crippen LogP contribution is 2.32. The Labute approximate surface area is 131 Å². The van der Waals surface area contributed by atoms with Crippen molar-refractivity contribution in [1.82, 2.24) is 4.98 Å². The highest BCUT2D eigenvalue weighted by molar-refractivity contribution is 6.44. The van der Waals surface area contributed by atoms with Crippen molar-refractivity contribution in [3.63, 3.8) is 0 Å². The Kier molecular flexibility index (Phi) is 4.80. The van der Waals surface area contributed by atoms with E-state index >= 15 is 0 Å². The molecule has 1 N–H and O–H groups in total. The monoisotopic (exact) mass is 334 g/mol. The summed E-state index contributed by atoms with van der Waals surface area (Å²) in [5.41, 5.74) is 2.49. The van der Waals surface area contributed by atoms with Gasteiger partial charge in [0.05, 0.1) is 15.7 Å². The van der Waals surface area contributed by atoms with Gasteiger partial charge in [0.2, 0.25) is 0 Å². The average Bonchev–Trinajstić information content (AvgIpc) is 2.37. The summed E-state index contributed by atoms with van der Waals surface area (Å²) >= 11 is 24.3. The van der Waals surface area contributed by atoms with Crippen molar-refractivity contribution in [2.24, 2.45) is 0 Å². The van der Waals surface area contributed by atoms with Gasteiger partial charge in [-0.3, -0.25) is 0 Å². The number of aryl methyl sites for hydroxylation is 1. The third kappa shape index (κ3) is 3.26. The predicted octanol–water partition coefficient (Wildman–Crippen LogP) is 5.62.